The lowest BCUT2D eigenvalue weighted by atomic mass is 10.0. The van der Waals surface area contributed by atoms with Gasteiger partial charge in [-0.15, -0.1) is 0 Å². The van der Waals surface area contributed by atoms with Crippen molar-refractivity contribution in [3.63, 3.8) is 0 Å². The summed E-state index contributed by atoms with van der Waals surface area (Å²) in [5.41, 5.74) is 1.40. The minimum Gasteiger partial charge on any atom is -0.0999 e. The second kappa shape index (κ2) is 11.8. The van der Waals surface area contributed by atoms with E-state index in [1.165, 1.54) is 63.4 Å². The van der Waals surface area contributed by atoms with Gasteiger partial charge in [-0.25, -0.2) is 0 Å². The molecule has 0 rings (SSSR count). The van der Waals surface area contributed by atoms with Gasteiger partial charge in [0.2, 0.25) is 0 Å². The van der Waals surface area contributed by atoms with Crippen LogP contribution in [0.25, 0.3) is 0 Å². The second-order valence-corrected chi connectivity index (χ2v) is 4.58. The Bertz CT molecular complexity index is 135. The molecular weight excluding hydrogens is 180 g/mol. The van der Waals surface area contributed by atoms with E-state index >= 15 is 0 Å². The zero-order chi connectivity index (χ0) is 11.4. The molecule has 0 aromatic heterocycles. The quantitative estimate of drug-likeness (QED) is 0.303. The molecule has 0 aromatic rings. The molecule has 0 atom stereocenters. The molecule has 0 saturated heterocycles. The normalized spacial score (nSPS) is 10.5. The lowest BCUT2D eigenvalue weighted by Gasteiger charge is -2.04. The fourth-order valence-electron chi connectivity index (χ4n) is 1.88. The monoisotopic (exact) mass is 209 g/mol. The third kappa shape index (κ3) is 11.7. The Hall–Kier alpha value is -0.260. The van der Waals surface area contributed by atoms with E-state index in [4.69, 9.17) is 0 Å². The summed E-state index contributed by atoms with van der Waals surface area (Å²) in [4.78, 5) is 0. The number of unbranched alkanes of at least 4 members (excludes halogenated alkanes) is 7. The Balaban J connectivity index is 3.01. The third-order valence-corrected chi connectivity index (χ3v) is 2.91. The highest BCUT2D eigenvalue weighted by Crippen LogP contribution is 2.14. The standard InChI is InChI=1S/C15H29/c1-4-6-7-8-9-10-11-12-14-15(3)13-5-2/h2-14H2,1H3. The van der Waals surface area contributed by atoms with Crippen LogP contribution in [0.1, 0.15) is 77.6 Å². The van der Waals surface area contributed by atoms with Crippen molar-refractivity contribution >= 4 is 0 Å². The molecule has 0 nitrogen and oxygen atoms in total. The highest BCUT2D eigenvalue weighted by molar-refractivity contribution is 4.93. The average molecular weight is 209 g/mol. The van der Waals surface area contributed by atoms with E-state index in [9.17, 15) is 0 Å². The van der Waals surface area contributed by atoms with Gasteiger partial charge in [0, 0.05) is 0 Å². The van der Waals surface area contributed by atoms with Crippen LogP contribution in [0.3, 0.4) is 0 Å². The van der Waals surface area contributed by atoms with Crippen molar-refractivity contribution in [1.29, 1.82) is 0 Å². The van der Waals surface area contributed by atoms with Crippen LogP contribution in [-0.2, 0) is 0 Å². The van der Waals surface area contributed by atoms with E-state index in [0.29, 0.717) is 0 Å². The summed E-state index contributed by atoms with van der Waals surface area (Å²) >= 11 is 0. The fourth-order valence-corrected chi connectivity index (χ4v) is 1.88. The van der Waals surface area contributed by atoms with E-state index in [0.717, 1.165) is 12.8 Å². The van der Waals surface area contributed by atoms with Crippen LogP contribution in [0.2, 0.25) is 0 Å². The van der Waals surface area contributed by atoms with Crippen LogP contribution >= 0.6 is 0 Å². The van der Waals surface area contributed by atoms with Gasteiger partial charge in [-0.05, 0) is 25.7 Å². The first-order valence-electron chi connectivity index (χ1n) is 6.77. The summed E-state index contributed by atoms with van der Waals surface area (Å²) in [5.74, 6) is 0. The summed E-state index contributed by atoms with van der Waals surface area (Å²) in [6, 6.07) is 0. The summed E-state index contributed by atoms with van der Waals surface area (Å²) in [6.45, 7) is 10.2. The molecule has 89 valence electrons. The summed E-state index contributed by atoms with van der Waals surface area (Å²) < 4.78 is 0. The average Bonchev–Trinajstić information content (AvgIpc) is 2.22. The van der Waals surface area contributed by atoms with Gasteiger partial charge in [-0.3, -0.25) is 0 Å². The molecule has 0 bridgehead atoms. The Morgan fingerprint density at radius 3 is 1.87 bits per heavy atom. The molecule has 0 fully saturated rings. The van der Waals surface area contributed by atoms with Gasteiger partial charge in [0.25, 0.3) is 0 Å². The SMILES string of the molecule is [CH2]CCC(=C)CCCCCCCCCC. The maximum atomic E-state index is 4.06. The number of rotatable bonds is 11. The molecule has 0 aromatic carbocycles. The smallest absolute Gasteiger partial charge is 0.0323 e. The molecule has 0 saturated carbocycles. The molecule has 0 heteroatoms. The van der Waals surface area contributed by atoms with Gasteiger partial charge >= 0.3 is 0 Å². The summed E-state index contributed by atoms with van der Waals surface area (Å²) in [5, 5.41) is 0. The minimum atomic E-state index is 1.01. The van der Waals surface area contributed by atoms with Crippen LogP contribution in [0.4, 0.5) is 0 Å². The van der Waals surface area contributed by atoms with Crippen LogP contribution in [0.15, 0.2) is 12.2 Å². The Morgan fingerprint density at radius 2 is 1.33 bits per heavy atom. The molecule has 0 aliphatic carbocycles. The van der Waals surface area contributed by atoms with Gasteiger partial charge in [-0.2, -0.15) is 0 Å². The maximum absolute atomic E-state index is 4.06. The topological polar surface area (TPSA) is 0 Å². The van der Waals surface area contributed by atoms with E-state index in [1.54, 1.807) is 0 Å². The van der Waals surface area contributed by atoms with Crippen LogP contribution in [0, 0.1) is 6.92 Å². The molecule has 0 aliphatic heterocycles. The third-order valence-electron chi connectivity index (χ3n) is 2.91. The van der Waals surface area contributed by atoms with E-state index in [1.807, 2.05) is 0 Å². The Kier molecular flexibility index (Phi) is 11.6. The molecule has 0 aliphatic rings. The van der Waals surface area contributed by atoms with E-state index < -0.39 is 0 Å². The van der Waals surface area contributed by atoms with Gasteiger partial charge in [0.05, 0.1) is 0 Å². The van der Waals surface area contributed by atoms with Crippen molar-refractivity contribution in [2.45, 2.75) is 77.6 Å². The highest BCUT2D eigenvalue weighted by atomic mass is 14.0. The second-order valence-electron chi connectivity index (χ2n) is 4.58. The van der Waals surface area contributed by atoms with Crippen molar-refractivity contribution in [3.05, 3.63) is 19.1 Å². The first-order chi connectivity index (χ1) is 7.31. The van der Waals surface area contributed by atoms with Crippen molar-refractivity contribution < 1.29 is 0 Å². The molecule has 0 heterocycles. The van der Waals surface area contributed by atoms with Gasteiger partial charge < -0.3 is 0 Å². The predicted octanol–water partition coefficient (Wildman–Crippen LogP) is 5.69. The number of allylic oxidation sites excluding steroid dienone is 1. The molecule has 0 spiro atoms. The van der Waals surface area contributed by atoms with Crippen molar-refractivity contribution in [1.82, 2.24) is 0 Å². The molecule has 0 unspecified atom stereocenters. The zero-order valence-corrected chi connectivity index (χ0v) is 10.7. The lowest BCUT2D eigenvalue weighted by Crippen LogP contribution is -1.84. The maximum Gasteiger partial charge on any atom is -0.0323 e. The largest absolute Gasteiger partial charge is 0.0999 e. The van der Waals surface area contributed by atoms with Crippen molar-refractivity contribution in [3.8, 4) is 0 Å². The minimum absolute atomic E-state index is 1.01. The van der Waals surface area contributed by atoms with Crippen LogP contribution < -0.4 is 0 Å². The molecule has 0 N–H and O–H groups in total. The lowest BCUT2D eigenvalue weighted by molar-refractivity contribution is 0.573. The van der Waals surface area contributed by atoms with Gasteiger partial charge in [-0.1, -0.05) is 70.9 Å². The summed E-state index contributed by atoms with van der Waals surface area (Å²) in [7, 11) is 0. The van der Waals surface area contributed by atoms with Crippen molar-refractivity contribution in [2.24, 2.45) is 0 Å². The molecular formula is C15H29. The zero-order valence-electron chi connectivity index (χ0n) is 10.7. The Labute approximate surface area is 97.2 Å². The van der Waals surface area contributed by atoms with Crippen molar-refractivity contribution in [2.75, 3.05) is 0 Å². The van der Waals surface area contributed by atoms with E-state index in [-0.39, 0.29) is 0 Å². The van der Waals surface area contributed by atoms with Gasteiger partial charge in [0.15, 0.2) is 0 Å². The first-order valence-corrected chi connectivity index (χ1v) is 6.77. The number of hydrogen-bond acceptors (Lipinski definition) is 0. The van der Waals surface area contributed by atoms with Crippen LogP contribution in [0.5, 0.6) is 0 Å². The predicted molar refractivity (Wildman–Crippen MR) is 71.0 cm³/mol. The number of hydrogen-bond donors (Lipinski definition) is 0. The molecule has 1 radical (unpaired) electrons. The van der Waals surface area contributed by atoms with E-state index in [2.05, 4.69) is 20.4 Å². The van der Waals surface area contributed by atoms with Gasteiger partial charge in [0.1, 0.15) is 0 Å². The fraction of sp³-hybridized carbons (Fsp3) is 0.800. The first kappa shape index (κ1) is 14.7. The van der Waals surface area contributed by atoms with Crippen LogP contribution in [-0.4, -0.2) is 0 Å². The molecule has 15 heavy (non-hydrogen) atoms. The summed E-state index contributed by atoms with van der Waals surface area (Å²) in [6.07, 6.45) is 14.6. The highest BCUT2D eigenvalue weighted by Gasteiger charge is 1.94. The molecule has 0 amide bonds. The Morgan fingerprint density at radius 1 is 0.800 bits per heavy atom.